The van der Waals surface area contributed by atoms with Crippen LogP contribution in [-0.4, -0.2) is 29.3 Å². The Morgan fingerprint density at radius 1 is 1.39 bits per heavy atom. The smallest absolute Gasteiger partial charge is 0.320 e. The summed E-state index contributed by atoms with van der Waals surface area (Å²) in [6.07, 6.45) is -0.0820. The summed E-state index contributed by atoms with van der Waals surface area (Å²) in [7, 11) is 0. The predicted molar refractivity (Wildman–Crippen MR) is 60.9 cm³/mol. The highest BCUT2D eigenvalue weighted by molar-refractivity contribution is 5.75. The molecule has 96 valence electrons. The Bertz CT molecular complexity index is 497. The molecule has 1 aromatic rings. The van der Waals surface area contributed by atoms with Crippen LogP contribution in [-0.2, 0) is 5.79 Å². The molecule has 3 rings (SSSR count). The number of likely N-dealkylation sites (tertiary alicyclic amines) is 1. The van der Waals surface area contributed by atoms with Crippen LogP contribution >= 0.6 is 0 Å². The Balaban J connectivity index is 2.13. The molecule has 4 nitrogen and oxygen atoms in total. The summed E-state index contributed by atoms with van der Waals surface area (Å²) < 4.78 is 29.7. The lowest BCUT2D eigenvalue weighted by Gasteiger charge is -2.42. The van der Waals surface area contributed by atoms with Crippen LogP contribution in [0.15, 0.2) is 30.3 Å². The van der Waals surface area contributed by atoms with Crippen molar-refractivity contribution >= 4 is 6.03 Å². The van der Waals surface area contributed by atoms with Crippen molar-refractivity contribution in [3.05, 3.63) is 35.9 Å². The van der Waals surface area contributed by atoms with Crippen molar-refractivity contribution < 1.29 is 13.6 Å². The zero-order chi connectivity index (χ0) is 13.0. The van der Waals surface area contributed by atoms with Crippen LogP contribution in [0.5, 0.6) is 0 Å². The van der Waals surface area contributed by atoms with E-state index in [0.717, 1.165) is 0 Å². The molecule has 2 aliphatic heterocycles. The van der Waals surface area contributed by atoms with Crippen LogP contribution < -0.4 is 11.1 Å². The second kappa shape index (κ2) is 3.41. The van der Waals surface area contributed by atoms with E-state index in [1.807, 2.05) is 0 Å². The molecule has 1 aromatic carbocycles. The SMILES string of the molecule is NC(=O)N1C2(F)CNC(C2)C1(F)c1ccccc1. The molecule has 2 amide bonds. The van der Waals surface area contributed by atoms with Crippen molar-refractivity contribution in [1.29, 1.82) is 0 Å². The van der Waals surface area contributed by atoms with Gasteiger partial charge in [0.2, 0.25) is 11.6 Å². The van der Waals surface area contributed by atoms with Gasteiger partial charge in [0, 0.05) is 18.5 Å². The molecule has 3 N–H and O–H groups in total. The first kappa shape index (κ1) is 11.4. The molecule has 3 atom stereocenters. The van der Waals surface area contributed by atoms with Crippen molar-refractivity contribution in [2.75, 3.05) is 6.54 Å². The van der Waals surface area contributed by atoms with Gasteiger partial charge in [-0.1, -0.05) is 30.3 Å². The second-order valence-corrected chi connectivity index (χ2v) is 4.77. The van der Waals surface area contributed by atoms with E-state index in [4.69, 9.17) is 5.73 Å². The fourth-order valence-electron chi connectivity index (χ4n) is 2.99. The monoisotopic (exact) mass is 253 g/mol. The average molecular weight is 253 g/mol. The van der Waals surface area contributed by atoms with Gasteiger partial charge in [0.05, 0.1) is 6.04 Å². The van der Waals surface area contributed by atoms with Gasteiger partial charge >= 0.3 is 6.03 Å². The third kappa shape index (κ3) is 1.23. The van der Waals surface area contributed by atoms with E-state index in [0.29, 0.717) is 4.90 Å². The molecule has 18 heavy (non-hydrogen) atoms. The van der Waals surface area contributed by atoms with Gasteiger partial charge in [0.25, 0.3) is 0 Å². The van der Waals surface area contributed by atoms with E-state index in [1.54, 1.807) is 18.2 Å². The van der Waals surface area contributed by atoms with Crippen LogP contribution in [0.3, 0.4) is 0 Å². The normalized spacial score (nSPS) is 38.1. The molecule has 0 radical (unpaired) electrons. The van der Waals surface area contributed by atoms with Crippen molar-refractivity contribution in [2.45, 2.75) is 24.0 Å². The van der Waals surface area contributed by atoms with Crippen LogP contribution in [0.2, 0.25) is 0 Å². The van der Waals surface area contributed by atoms with Crippen LogP contribution in [0, 0.1) is 0 Å². The van der Waals surface area contributed by atoms with E-state index in [2.05, 4.69) is 5.32 Å². The van der Waals surface area contributed by atoms with Crippen LogP contribution in [0.25, 0.3) is 0 Å². The molecule has 3 unspecified atom stereocenters. The summed E-state index contributed by atoms with van der Waals surface area (Å²) in [5.41, 5.74) is 5.40. The molecular weight excluding hydrogens is 240 g/mol. The largest absolute Gasteiger partial charge is 0.351 e. The van der Waals surface area contributed by atoms with Crippen LogP contribution in [0.1, 0.15) is 12.0 Å². The Kier molecular flexibility index (Phi) is 2.16. The maximum atomic E-state index is 15.2. The zero-order valence-electron chi connectivity index (χ0n) is 9.57. The molecule has 2 saturated heterocycles. The van der Waals surface area contributed by atoms with Crippen molar-refractivity contribution in [1.82, 2.24) is 10.2 Å². The van der Waals surface area contributed by atoms with E-state index in [9.17, 15) is 9.18 Å². The number of fused-ring (bicyclic) bond motifs is 2. The zero-order valence-corrected chi connectivity index (χ0v) is 9.57. The fraction of sp³-hybridized carbons (Fsp3) is 0.417. The summed E-state index contributed by atoms with van der Waals surface area (Å²) in [5, 5.41) is 2.77. The van der Waals surface area contributed by atoms with E-state index >= 15 is 4.39 Å². The Labute approximate surface area is 103 Å². The summed E-state index contributed by atoms with van der Waals surface area (Å²) in [4.78, 5) is 12.0. The minimum absolute atomic E-state index is 0.0820. The molecule has 0 saturated carbocycles. The third-order valence-electron chi connectivity index (χ3n) is 3.72. The maximum absolute atomic E-state index is 15.2. The summed E-state index contributed by atoms with van der Waals surface area (Å²) in [5.74, 6) is -4.26. The highest BCUT2D eigenvalue weighted by Gasteiger charge is 2.68. The number of halogens is 2. The Morgan fingerprint density at radius 2 is 2.06 bits per heavy atom. The van der Waals surface area contributed by atoms with Crippen molar-refractivity contribution in [3.8, 4) is 0 Å². The van der Waals surface area contributed by atoms with Gasteiger partial charge in [-0.2, -0.15) is 0 Å². The molecular formula is C12H13F2N3O. The van der Waals surface area contributed by atoms with Gasteiger partial charge in [-0.3, -0.25) is 4.90 Å². The number of amides is 2. The topological polar surface area (TPSA) is 58.4 Å². The highest BCUT2D eigenvalue weighted by Crippen LogP contribution is 2.52. The Morgan fingerprint density at radius 3 is 2.67 bits per heavy atom. The van der Waals surface area contributed by atoms with Crippen molar-refractivity contribution in [3.63, 3.8) is 0 Å². The first-order chi connectivity index (χ1) is 8.48. The lowest BCUT2D eigenvalue weighted by Crippen LogP contribution is -2.63. The molecule has 0 aromatic heterocycles. The number of piperazine rings is 1. The fourth-order valence-corrected chi connectivity index (χ4v) is 2.99. The number of hydrogen-bond acceptors (Lipinski definition) is 2. The number of alkyl halides is 2. The number of nitrogens with two attached hydrogens (primary N) is 1. The van der Waals surface area contributed by atoms with Crippen LogP contribution in [0.4, 0.5) is 13.6 Å². The number of nitrogens with one attached hydrogen (secondary N) is 1. The first-order valence-electron chi connectivity index (χ1n) is 5.75. The minimum atomic E-state index is -2.22. The Hall–Kier alpha value is -1.69. The maximum Gasteiger partial charge on any atom is 0.320 e. The van der Waals surface area contributed by atoms with E-state index < -0.39 is 23.7 Å². The first-order valence-corrected chi connectivity index (χ1v) is 5.75. The van der Waals surface area contributed by atoms with Gasteiger partial charge in [0.15, 0.2) is 0 Å². The molecule has 2 aliphatic rings. The van der Waals surface area contributed by atoms with E-state index in [1.165, 1.54) is 12.1 Å². The highest BCUT2D eigenvalue weighted by atomic mass is 19.2. The predicted octanol–water partition coefficient (Wildman–Crippen LogP) is 1.23. The molecule has 0 spiro atoms. The molecule has 2 fully saturated rings. The lowest BCUT2D eigenvalue weighted by atomic mass is 9.97. The second-order valence-electron chi connectivity index (χ2n) is 4.77. The van der Waals surface area contributed by atoms with Gasteiger partial charge in [0.1, 0.15) is 0 Å². The molecule has 6 heteroatoms. The van der Waals surface area contributed by atoms with Gasteiger partial charge in [-0.15, -0.1) is 0 Å². The summed E-state index contributed by atoms with van der Waals surface area (Å²) in [6.45, 7) is -0.0842. The third-order valence-corrected chi connectivity index (χ3v) is 3.72. The molecule has 2 heterocycles. The van der Waals surface area contributed by atoms with Gasteiger partial charge in [-0.05, 0) is 0 Å². The number of rotatable bonds is 1. The number of carbonyl (C=O) groups is 1. The van der Waals surface area contributed by atoms with Crippen molar-refractivity contribution in [2.24, 2.45) is 5.73 Å². The van der Waals surface area contributed by atoms with Gasteiger partial charge < -0.3 is 11.1 Å². The summed E-state index contributed by atoms with van der Waals surface area (Å²) in [6, 6.07) is 6.24. The quantitative estimate of drug-likeness (QED) is 0.740. The number of nitrogens with zero attached hydrogens (tertiary/aromatic N) is 1. The van der Waals surface area contributed by atoms with Gasteiger partial charge in [-0.25, -0.2) is 13.6 Å². The number of benzene rings is 1. The average Bonchev–Trinajstić information content (AvgIpc) is 2.82. The minimum Gasteiger partial charge on any atom is -0.351 e. The lowest BCUT2D eigenvalue weighted by molar-refractivity contribution is -0.0991. The number of urea groups is 1. The number of primary amides is 1. The summed E-state index contributed by atoms with van der Waals surface area (Å²) >= 11 is 0. The molecule has 2 bridgehead atoms. The number of hydrogen-bond donors (Lipinski definition) is 2. The number of carbonyl (C=O) groups excluding carboxylic acids is 1. The standard InChI is InChI=1S/C12H13F2N3O/c13-11-6-9(16-7-11)12(14,17(11)10(15)18)8-4-2-1-3-5-8/h1-5,9,16H,6-7H2,(H2,15,18). The van der Waals surface area contributed by atoms with E-state index in [-0.39, 0.29) is 18.5 Å². The molecule has 0 aliphatic carbocycles.